The maximum Gasteiger partial charge on any atom is 0.350 e. The number of esters is 1. The van der Waals surface area contributed by atoms with Crippen LogP contribution in [0.4, 0.5) is 5.69 Å². The molecule has 2 unspecified atom stereocenters. The fraction of sp³-hybridized carbons (Fsp3) is 0.300. The Kier molecular flexibility index (Phi) is 6.39. The lowest BCUT2D eigenvalue weighted by Gasteiger charge is -2.31. The van der Waals surface area contributed by atoms with Crippen LogP contribution in [0.3, 0.4) is 0 Å². The average Bonchev–Trinajstić information content (AvgIpc) is 3.42. The molecule has 0 spiro atoms. The second-order valence-corrected chi connectivity index (χ2v) is 10.0. The van der Waals surface area contributed by atoms with E-state index < -0.39 is 5.60 Å². The van der Waals surface area contributed by atoms with E-state index in [2.05, 4.69) is 98.6 Å². The van der Waals surface area contributed by atoms with Gasteiger partial charge in [-0.3, -0.25) is 0 Å². The zero-order chi connectivity index (χ0) is 24.6. The number of thiophene rings is 1. The highest BCUT2D eigenvalue weighted by molar-refractivity contribution is 7.21. The summed E-state index contributed by atoms with van der Waals surface area (Å²) in [6.45, 7) is 11.4. The number of fused-ring (bicyclic) bond motifs is 3. The zero-order valence-electron chi connectivity index (χ0n) is 20.8. The third-order valence-electron chi connectivity index (χ3n) is 7.11. The number of benzene rings is 3. The summed E-state index contributed by atoms with van der Waals surface area (Å²) >= 11 is 1.52. The number of nitrogens with zero attached hydrogens (tertiary/aromatic N) is 1. The van der Waals surface area contributed by atoms with Crippen LogP contribution >= 0.6 is 11.3 Å². The Morgan fingerprint density at radius 2 is 1.54 bits per heavy atom. The summed E-state index contributed by atoms with van der Waals surface area (Å²) in [6, 6.07) is 25.6. The topological polar surface area (TPSA) is 41.6 Å². The molecule has 1 aromatic heterocycles. The summed E-state index contributed by atoms with van der Waals surface area (Å²) in [4.78, 5) is 16.3. The van der Waals surface area contributed by atoms with E-state index in [1.165, 1.54) is 22.6 Å². The Labute approximate surface area is 211 Å². The van der Waals surface area contributed by atoms with Gasteiger partial charge in [-0.2, -0.15) is 0 Å². The molecule has 4 nitrogen and oxygen atoms in total. The maximum absolute atomic E-state index is 13.3. The molecule has 2 heterocycles. The summed E-state index contributed by atoms with van der Waals surface area (Å²) in [5.74, 6) is -0.251. The Balaban J connectivity index is 1.71. The molecule has 1 aliphatic rings. The third kappa shape index (κ3) is 3.83. The van der Waals surface area contributed by atoms with Gasteiger partial charge in [0.25, 0.3) is 0 Å². The van der Waals surface area contributed by atoms with Crippen LogP contribution in [0.5, 0.6) is 0 Å². The molecule has 1 aliphatic heterocycles. The lowest BCUT2D eigenvalue weighted by molar-refractivity contribution is 0.0256. The molecule has 3 aromatic carbocycles. The van der Waals surface area contributed by atoms with Crippen molar-refractivity contribution in [1.29, 1.82) is 0 Å². The largest absolute Gasteiger partial charge is 0.440 e. The number of rotatable bonds is 8. The molecule has 180 valence electrons. The molecular weight excluding hydrogens is 452 g/mol. The maximum atomic E-state index is 13.3. The average molecular weight is 485 g/mol. The monoisotopic (exact) mass is 484 g/mol. The zero-order valence-corrected chi connectivity index (χ0v) is 21.6. The highest BCUT2D eigenvalue weighted by Gasteiger charge is 2.51. The molecule has 2 atom stereocenters. The first-order valence-corrected chi connectivity index (χ1v) is 13.3. The van der Waals surface area contributed by atoms with Crippen LogP contribution in [0.2, 0.25) is 0 Å². The van der Waals surface area contributed by atoms with E-state index in [0.717, 1.165) is 46.4 Å². The first kappa shape index (κ1) is 23.6. The minimum atomic E-state index is -0.978. The van der Waals surface area contributed by atoms with Crippen molar-refractivity contribution in [2.75, 3.05) is 24.5 Å². The van der Waals surface area contributed by atoms with E-state index in [0.29, 0.717) is 4.88 Å². The van der Waals surface area contributed by atoms with Crippen molar-refractivity contribution >= 4 is 33.1 Å². The van der Waals surface area contributed by atoms with E-state index in [4.69, 9.17) is 4.74 Å². The van der Waals surface area contributed by atoms with E-state index in [-0.39, 0.29) is 12.0 Å². The van der Waals surface area contributed by atoms with Gasteiger partial charge in [0.05, 0.1) is 0 Å². The van der Waals surface area contributed by atoms with Crippen molar-refractivity contribution in [3.05, 3.63) is 99.9 Å². The first-order chi connectivity index (χ1) is 17.0. The van der Waals surface area contributed by atoms with Gasteiger partial charge in [-0.1, -0.05) is 61.5 Å². The van der Waals surface area contributed by atoms with Gasteiger partial charge in [-0.05, 0) is 51.1 Å². The molecule has 0 amide bonds. The van der Waals surface area contributed by atoms with Crippen molar-refractivity contribution in [2.24, 2.45) is 0 Å². The van der Waals surface area contributed by atoms with Crippen molar-refractivity contribution in [3.63, 3.8) is 0 Å². The molecule has 0 saturated carbocycles. The Morgan fingerprint density at radius 1 is 0.914 bits per heavy atom. The number of ether oxygens (including phenoxy) is 1. The minimum absolute atomic E-state index is 0.251. The van der Waals surface area contributed by atoms with Crippen molar-refractivity contribution in [2.45, 2.75) is 39.3 Å². The second-order valence-electron chi connectivity index (χ2n) is 8.99. The molecule has 0 bridgehead atoms. The lowest BCUT2D eigenvalue weighted by Crippen LogP contribution is -2.30. The van der Waals surface area contributed by atoms with Gasteiger partial charge in [0.2, 0.25) is 0 Å². The number of carbonyl (C=O) groups excluding carboxylic acids is 1. The van der Waals surface area contributed by atoms with Gasteiger partial charge in [0.1, 0.15) is 4.88 Å². The van der Waals surface area contributed by atoms with Crippen LogP contribution in [-0.4, -0.2) is 25.6 Å². The number of carbonyl (C=O) groups is 1. The minimum Gasteiger partial charge on any atom is -0.440 e. The summed E-state index contributed by atoms with van der Waals surface area (Å²) in [5, 5.41) is 4.55. The van der Waals surface area contributed by atoms with Crippen LogP contribution in [-0.2, 0) is 10.3 Å². The van der Waals surface area contributed by atoms with Gasteiger partial charge in [-0.25, -0.2) is 4.79 Å². The Hall–Kier alpha value is -3.15. The summed E-state index contributed by atoms with van der Waals surface area (Å²) < 4.78 is 7.49. The lowest BCUT2D eigenvalue weighted by atomic mass is 9.79. The van der Waals surface area contributed by atoms with E-state index in [1.54, 1.807) is 0 Å². The molecule has 1 N–H and O–H groups in total. The summed E-state index contributed by atoms with van der Waals surface area (Å²) in [7, 11) is 0. The van der Waals surface area contributed by atoms with Crippen LogP contribution < -0.4 is 10.2 Å². The molecule has 0 saturated heterocycles. The van der Waals surface area contributed by atoms with E-state index >= 15 is 0 Å². The van der Waals surface area contributed by atoms with Gasteiger partial charge < -0.3 is 15.0 Å². The predicted molar refractivity (Wildman–Crippen MR) is 146 cm³/mol. The van der Waals surface area contributed by atoms with Crippen LogP contribution in [0.1, 0.15) is 65.7 Å². The summed E-state index contributed by atoms with van der Waals surface area (Å²) in [6.07, 6.45) is 0. The number of cyclic esters (lactones) is 1. The molecule has 5 heteroatoms. The Bertz CT molecular complexity index is 1340. The van der Waals surface area contributed by atoms with Gasteiger partial charge in [0, 0.05) is 51.6 Å². The van der Waals surface area contributed by atoms with Crippen LogP contribution in [0, 0.1) is 0 Å². The number of anilines is 1. The first-order valence-electron chi connectivity index (χ1n) is 12.5. The number of hydrogen-bond acceptors (Lipinski definition) is 5. The van der Waals surface area contributed by atoms with E-state index in [9.17, 15) is 4.79 Å². The van der Waals surface area contributed by atoms with Crippen molar-refractivity contribution in [1.82, 2.24) is 5.32 Å². The van der Waals surface area contributed by atoms with Crippen LogP contribution in [0.25, 0.3) is 10.1 Å². The van der Waals surface area contributed by atoms with Gasteiger partial charge in [0.15, 0.2) is 5.60 Å². The molecule has 0 aliphatic carbocycles. The van der Waals surface area contributed by atoms with E-state index in [1.807, 2.05) is 12.1 Å². The fourth-order valence-electron chi connectivity index (χ4n) is 5.27. The second kappa shape index (κ2) is 9.48. The van der Waals surface area contributed by atoms with Gasteiger partial charge >= 0.3 is 5.97 Å². The Morgan fingerprint density at radius 3 is 2.17 bits per heavy atom. The predicted octanol–water partition coefficient (Wildman–Crippen LogP) is 6.88. The molecule has 4 aromatic rings. The summed E-state index contributed by atoms with van der Waals surface area (Å²) in [5.41, 5.74) is 4.30. The quantitative estimate of drug-likeness (QED) is 0.277. The molecule has 35 heavy (non-hydrogen) atoms. The highest BCUT2D eigenvalue weighted by Crippen LogP contribution is 2.52. The molecule has 0 fully saturated rings. The smallest absolute Gasteiger partial charge is 0.350 e. The standard InChI is InChI=1S/C30H32N2O2S/c1-5-31-20(4)21-12-14-22(15-13-21)30(23-16-18-24(19-17-23)32(6-2)7-3)27-25-10-8-9-11-26(25)35-28(27)29(33)34-30/h8-20,31H,5-7H2,1-4H3. The normalized spacial score (nSPS) is 17.9. The fourth-order valence-corrected chi connectivity index (χ4v) is 6.40. The molecule has 0 radical (unpaired) electrons. The van der Waals surface area contributed by atoms with Crippen molar-refractivity contribution in [3.8, 4) is 0 Å². The molecule has 5 rings (SSSR count). The SMILES string of the molecule is CCNC(C)c1ccc(C2(c3ccc(N(CC)CC)cc3)OC(=O)c3sc4ccccc4c32)cc1. The van der Waals surface area contributed by atoms with Crippen LogP contribution in [0.15, 0.2) is 72.8 Å². The number of nitrogens with one attached hydrogen (secondary N) is 1. The highest BCUT2D eigenvalue weighted by atomic mass is 32.1. The molecular formula is C30H32N2O2S. The third-order valence-corrected chi connectivity index (χ3v) is 8.26. The van der Waals surface area contributed by atoms with Crippen molar-refractivity contribution < 1.29 is 9.53 Å². The van der Waals surface area contributed by atoms with Gasteiger partial charge in [-0.15, -0.1) is 11.3 Å². The number of hydrogen-bond donors (Lipinski definition) is 1.